The molecule has 178 valence electrons. The van der Waals surface area contributed by atoms with Gasteiger partial charge in [0.1, 0.15) is 5.75 Å². The summed E-state index contributed by atoms with van der Waals surface area (Å²) in [6, 6.07) is 7.99. The molecular formula is C23H39N7O2. The van der Waals surface area contributed by atoms with Crippen LogP contribution in [-0.4, -0.2) is 45.4 Å². The molecule has 0 radical (unpaired) electrons. The molecule has 4 N–H and O–H groups in total. The predicted octanol–water partition coefficient (Wildman–Crippen LogP) is 3.49. The van der Waals surface area contributed by atoms with Crippen LogP contribution in [0.5, 0.6) is 5.75 Å². The van der Waals surface area contributed by atoms with Gasteiger partial charge in [-0.15, -0.1) is 5.10 Å². The molecule has 1 aromatic carbocycles. The van der Waals surface area contributed by atoms with Gasteiger partial charge in [-0.1, -0.05) is 45.2 Å². The van der Waals surface area contributed by atoms with Crippen LogP contribution in [0.15, 0.2) is 24.3 Å². The number of rotatable bonds is 16. The number of nitrogens with two attached hydrogens (primary N) is 1. The molecule has 0 saturated carbocycles. The molecule has 2 aromatic rings. The highest BCUT2D eigenvalue weighted by Gasteiger charge is 2.12. The molecular weight excluding hydrogens is 406 g/mol. The van der Waals surface area contributed by atoms with Gasteiger partial charge in [-0.25, -0.2) is 10.1 Å². The number of benzene rings is 1. The average molecular weight is 446 g/mol. The number of aromatic nitrogens is 3. The van der Waals surface area contributed by atoms with Gasteiger partial charge in [-0.05, 0) is 37.0 Å². The number of hydrogen-bond donors (Lipinski definition) is 3. The number of carbonyl (C=O) groups is 1. The molecule has 0 fully saturated rings. The third-order valence-electron chi connectivity index (χ3n) is 5.06. The van der Waals surface area contributed by atoms with Crippen LogP contribution in [0.1, 0.15) is 64.4 Å². The van der Waals surface area contributed by atoms with Crippen LogP contribution < -0.4 is 21.2 Å². The number of anilines is 2. The van der Waals surface area contributed by atoms with E-state index >= 15 is 0 Å². The van der Waals surface area contributed by atoms with Gasteiger partial charge in [-0.3, -0.25) is 9.80 Å². The van der Waals surface area contributed by atoms with E-state index in [9.17, 15) is 4.79 Å². The highest BCUT2D eigenvalue weighted by molar-refractivity contribution is 5.75. The van der Waals surface area contributed by atoms with Crippen LogP contribution in [0.3, 0.4) is 0 Å². The molecule has 0 aliphatic carbocycles. The van der Waals surface area contributed by atoms with Crippen LogP contribution in [0.2, 0.25) is 0 Å². The number of unbranched alkanes of at least 4 members (excludes halogenated alkanes) is 3. The number of hydrazine groups is 1. The lowest BCUT2D eigenvalue weighted by molar-refractivity contribution is -0.134. The highest BCUT2D eigenvalue weighted by Crippen LogP contribution is 2.14. The molecule has 0 spiro atoms. The number of nitrogens with one attached hydrogen (secondary N) is 2. The van der Waals surface area contributed by atoms with Crippen LogP contribution in [0, 0.1) is 0 Å². The first-order valence-corrected chi connectivity index (χ1v) is 11.7. The van der Waals surface area contributed by atoms with Crippen LogP contribution in [0.4, 0.5) is 11.9 Å². The van der Waals surface area contributed by atoms with Crippen molar-refractivity contribution in [1.82, 2.24) is 25.2 Å². The molecule has 1 amide bonds. The molecule has 32 heavy (non-hydrogen) atoms. The predicted molar refractivity (Wildman–Crippen MR) is 128 cm³/mol. The summed E-state index contributed by atoms with van der Waals surface area (Å²) < 4.78 is 7.50. The Kier molecular flexibility index (Phi) is 11.4. The van der Waals surface area contributed by atoms with Gasteiger partial charge in [0.25, 0.3) is 0 Å². The Hall–Kier alpha value is -2.81. The normalized spacial score (nSPS) is 10.8. The number of carbonyl (C=O) groups excluding carboxylic acids is 1. The highest BCUT2D eigenvalue weighted by atomic mass is 16.5. The molecule has 0 saturated heterocycles. The van der Waals surface area contributed by atoms with Crippen LogP contribution >= 0.6 is 0 Å². The largest absolute Gasteiger partial charge is 0.494 e. The van der Waals surface area contributed by atoms with E-state index in [2.05, 4.69) is 34.7 Å². The van der Waals surface area contributed by atoms with Gasteiger partial charge in [0.15, 0.2) is 0 Å². The third kappa shape index (κ3) is 9.13. The standard InChI is InChI=1S/C23H39N7O2/c1-4-6-8-13-21(31)30(15-7-5-2)26-18-19-11-9-12-20(17-19)32-16-10-14-25-23-27-22(24)28-29(23)3/h9,11-12,17,26H,4-8,10,13-16,18H2,1-3H3,(H3,24,25,27,28). The van der Waals surface area contributed by atoms with E-state index in [0.717, 1.165) is 56.4 Å². The SMILES string of the molecule is CCCCCC(=O)N(CCCC)NCc1cccc(OCCCNc2nc(N)nn2C)c1. The summed E-state index contributed by atoms with van der Waals surface area (Å²) in [5.41, 5.74) is 9.98. The van der Waals surface area contributed by atoms with E-state index in [1.807, 2.05) is 24.3 Å². The van der Waals surface area contributed by atoms with Crippen molar-refractivity contribution in [3.8, 4) is 5.75 Å². The molecule has 9 nitrogen and oxygen atoms in total. The fraction of sp³-hybridized carbons (Fsp3) is 0.609. The van der Waals surface area contributed by atoms with Gasteiger partial charge in [-0.2, -0.15) is 4.98 Å². The topological polar surface area (TPSA) is 110 Å². The zero-order valence-corrected chi connectivity index (χ0v) is 19.8. The molecule has 0 atom stereocenters. The van der Waals surface area contributed by atoms with E-state index in [1.54, 1.807) is 16.7 Å². The number of amides is 1. The number of ether oxygens (including phenoxy) is 1. The van der Waals surface area contributed by atoms with Gasteiger partial charge in [0.05, 0.1) is 6.61 Å². The Morgan fingerprint density at radius 3 is 2.72 bits per heavy atom. The van der Waals surface area contributed by atoms with Crippen molar-refractivity contribution in [2.75, 3.05) is 30.7 Å². The molecule has 1 heterocycles. The minimum Gasteiger partial charge on any atom is -0.494 e. The second-order valence-corrected chi connectivity index (χ2v) is 7.88. The quantitative estimate of drug-likeness (QED) is 0.268. The maximum atomic E-state index is 12.6. The lowest BCUT2D eigenvalue weighted by Crippen LogP contribution is -2.43. The van der Waals surface area contributed by atoms with Crippen molar-refractivity contribution < 1.29 is 9.53 Å². The van der Waals surface area contributed by atoms with Crippen LogP contribution in [-0.2, 0) is 18.4 Å². The molecule has 1 aromatic heterocycles. The monoisotopic (exact) mass is 445 g/mol. The molecule has 0 bridgehead atoms. The lowest BCUT2D eigenvalue weighted by Gasteiger charge is -2.24. The maximum Gasteiger partial charge on any atom is 0.241 e. The molecule has 0 unspecified atom stereocenters. The van der Waals surface area contributed by atoms with Crippen molar-refractivity contribution in [2.24, 2.45) is 7.05 Å². The Balaban J connectivity index is 1.76. The Labute approximate surface area is 191 Å². The van der Waals surface area contributed by atoms with Crippen molar-refractivity contribution in [1.29, 1.82) is 0 Å². The summed E-state index contributed by atoms with van der Waals surface area (Å²) in [7, 11) is 1.80. The molecule has 0 aliphatic rings. The Morgan fingerprint density at radius 2 is 2.00 bits per heavy atom. The Morgan fingerprint density at radius 1 is 1.19 bits per heavy atom. The summed E-state index contributed by atoms with van der Waals surface area (Å²) in [5, 5.41) is 8.98. The van der Waals surface area contributed by atoms with E-state index in [0.29, 0.717) is 32.1 Å². The van der Waals surface area contributed by atoms with Crippen molar-refractivity contribution in [3.63, 3.8) is 0 Å². The lowest BCUT2D eigenvalue weighted by atomic mass is 10.2. The van der Waals surface area contributed by atoms with Gasteiger partial charge < -0.3 is 15.8 Å². The number of hydrogen-bond acceptors (Lipinski definition) is 7. The number of nitrogen functional groups attached to an aromatic ring is 1. The molecule has 0 aliphatic heterocycles. The zero-order chi connectivity index (χ0) is 23.2. The van der Waals surface area contributed by atoms with E-state index in [1.165, 1.54) is 0 Å². The Bertz CT molecular complexity index is 809. The fourth-order valence-corrected chi connectivity index (χ4v) is 3.22. The summed E-state index contributed by atoms with van der Waals surface area (Å²) >= 11 is 0. The van der Waals surface area contributed by atoms with E-state index in [4.69, 9.17) is 10.5 Å². The second kappa shape index (κ2) is 14.3. The van der Waals surface area contributed by atoms with E-state index < -0.39 is 0 Å². The first-order chi connectivity index (χ1) is 15.5. The average Bonchev–Trinajstić information content (AvgIpc) is 3.10. The van der Waals surface area contributed by atoms with Gasteiger partial charge >= 0.3 is 0 Å². The summed E-state index contributed by atoms with van der Waals surface area (Å²) in [6.07, 6.45) is 6.62. The van der Waals surface area contributed by atoms with Crippen LogP contribution in [0.25, 0.3) is 0 Å². The summed E-state index contributed by atoms with van der Waals surface area (Å²) in [5.74, 6) is 1.90. The van der Waals surface area contributed by atoms with Crippen molar-refractivity contribution in [2.45, 2.75) is 65.3 Å². The first kappa shape index (κ1) is 25.5. The van der Waals surface area contributed by atoms with Crippen molar-refractivity contribution >= 4 is 17.8 Å². The van der Waals surface area contributed by atoms with Crippen molar-refractivity contribution in [3.05, 3.63) is 29.8 Å². The third-order valence-corrected chi connectivity index (χ3v) is 5.06. The maximum absolute atomic E-state index is 12.6. The van der Waals surface area contributed by atoms with E-state index in [-0.39, 0.29) is 11.9 Å². The fourth-order valence-electron chi connectivity index (χ4n) is 3.22. The van der Waals surface area contributed by atoms with Gasteiger partial charge in [0, 0.05) is 33.1 Å². The number of nitrogens with zero attached hydrogens (tertiary/aromatic N) is 4. The minimum absolute atomic E-state index is 0.177. The summed E-state index contributed by atoms with van der Waals surface area (Å²) in [4.78, 5) is 16.7. The van der Waals surface area contributed by atoms with Gasteiger partial charge in [0.2, 0.25) is 17.8 Å². The summed E-state index contributed by atoms with van der Waals surface area (Å²) in [6.45, 7) is 6.91. The molecule has 2 rings (SSSR count). The number of aryl methyl sites for hydroxylation is 1. The zero-order valence-electron chi connectivity index (χ0n) is 19.8. The second-order valence-electron chi connectivity index (χ2n) is 7.88. The minimum atomic E-state index is 0.177. The smallest absolute Gasteiger partial charge is 0.241 e. The first-order valence-electron chi connectivity index (χ1n) is 11.7. The molecule has 9 heteroatoms.